The zero-order valence-corrected chi connectivity index (χ0v) is 12.0. The van der Waals surface area contributed by atoms with Gasteiger partial charge in [-0.1, -0.05) is 37.3 Å². The highest BCUT2D eigenvalue weighted by Gasteiger charge is 2.09. The van der Waals surface area contributed by atoms with E-state index in [2.05, 4.69) is 34.0 Å². The fourth-order valence-electron chi connectivity index (χ4n) is 1.73. The predicted octanol–water partition coefficient (Wildman–Crippen LogP) is 3.84. The monoisotopic (exact) mass is 286 g/mol. The molecule has 20 heavy (non-hydrogen) atoms. The SMILES string of the molecule is CC(C)c1n[nH]c(-c2cccc(Oc3nccs3)c2)n1. The third-order valence-electron chi connectivity index (χ3n) is 2.74. The summed E-state index contributed by atoms with van der Waals surface area (Å²) in [6, 6.07) is 7.71. The van der Waals surface area contributed by atoms with Crippen LogP contribution in [0.5, 0.6) is 10.9 Å². The molecule has 0 atom stereocenters. The van der Waals surface area contributed by atoms with Crippen LogP contribution in [0.4, 0.5) is 0 Å². The minimum atomic E-state index is 0.301. The van der Waals surface area contributed by atoms with Crippen LogP contribution in [0.15, 0.2) is 35.8 Å². The van der Waals surface area contributed by atoms with E-state index in [-0.39, 0.29) is 0 Å². The summed E-state index contributed by atoms with van der Waals surface area (Å²) in [5.74, 6) is 2.60. The fourth-order valence-corrected chi connectivity index (χ4v) is 2.23. The van der Waals surface area contributed by atoms with Crippen molar-refractivity contribution < 1.29 is 4.74 Å². The number of aromatic amines is 1. The van der Waals surface area contributed by atoms with E-state index >= 15 is 0 Å². The van der Waals surface area contributed by atoms with Gasteiger partial charge in [0.1, 0.15) is 5.75 Å². The molecule has 102 valence electrons. The smallest absolute Gasteiger partial charge is 0.278 e. The second-order valence-electron chi connectivity index (χ2n) is 4.62. The molecule has 3 rings (SSSR count). The zero-order valence-electron chi connectivity index (χ0n) is 11.2. The van der Waals surface area contributed by atoms with Gasteiger partial charge >= 0.3 is 0 Å². The number of benzene rings is 1. The first kappa shape index (κ1) is 12.8. The summed E-state index contributed by atoms with van der Waals surface area (Å²) in [6.45, 7) is 4.13. The topological polar surface area (TPSA) is 63.7 Å². The minimum Gasteiger partial charge on any atom is -0.431 e. The number of hydrogen-bond acceptors (Lipinski definition) is 5. The first-order chi connectivity index (χ1) is 9.72. The third-order valence-corrected chi connectivity index (χ3v) is 3.39. The van der Waals surface area contributed by atoms with Crippen molar-refractivity contribution in [2.24, 2.45) is 0 Å². The Morgan fingerprint density at radius 1 is 1.30 bits per heavy atom. The van der Waals surface area contributed by atoms with Gasteiger partial charge in [0, 0.05) is 23.1 Å². The highest BCUT2D eigenvalue weighted by Crippen LogP contribution is 2.27. The number of rotatable bonds is 4. The molecule has 0 saturated heterocycles. The van der Waals surface area contributed by atoms with Crippen molar-refractivity contribution in [1.82, 2.24) is 20.2 Å². The second kappa shape index (κ2) is 5.42. The van der Waals surface area contributed by atoms with Crippen LogP contribution in [0.2, 0.25) is 0 Å². The van der Waals surface area contributed by atoms with Crippen LogP contribution in [-0.4, -0.2) is 20.2 Å². The van der Waals surface area contributed by atoms with Gasteiger partial charge in [-0.15, -0.1) is 0 Å². The van der Waals surface area contributed by atoms with Crippen LogP contribution < -0.4 is 4.74 Å². The molecule has 0 aliphatic heterocycles. The van der Waals surface area contributed by atoms with Gasteiger partial charge in [-0.3, -0.25) is 5.10 Å². The van der Waals surface area contributed by atoms with E-state index in [1.54, 1.807) is 6.20 Å². The molecular weight excluding hydrogens is 272 g/mol. The maximum atomic E-state index is 5.68. The van der Waals surface area contributed by atoms with Crippen LogP contribution in [-0.2, 0) is 0 Å². The molecule has 0 aliphatic carbocycles. The van der Waals surface area contributed by atoms with Crippen molar-refractivity contribution in [2.45, 2.75) is 19.8 Å². The molecule has 0 radical (unpaired) electrons. The minimum absolute atomic E-state index is 0.301. The molecule has 2 heterocycles. The van der Waals surface area contributed by atoms with Gasteiger partial charge in [0.05, 0.1) is 0 Å². The first-order valence-electron chi connectivity index (χ1n) is 6.32. The van der Waals surface area contributed by atoms with Crippen LogP contribution in [0.25, 0.3) is 11.4 Å². The molecule has 1 aromatic carbocycles. The maximum absolute atomic E-state index is 5.68. The Morgan fingerprint density at radius 2 is 2.20 bits per heavy atom. The summed E-state index contributed by atoms with van der Waals surface area (Å²) in [5, 5.41) is 9.68. The average Bonchev–Trinajstić information content (AvgIpc) is 3.09. The van der Waals surface area contributed by atoms with Gasteiger partial charge in [0.15, 0.2) is 11.6 Å². The van der Waals surface area contributed by atoms with Gasteiger partial charge in [-0.25, -0.2) is 9.97 Å². The molecule has 6 heteroatoms. The summed E-state index contributed by atoms with van der Waals surface area (Å²) in [7, 11) is 0. The molecule has 0 fully saturated rings. The Hall–Kier alpha value is -2.21. The summed E-state index contributed by atoms with van der Waals surface area (Å²) in [6.07, 6.45) is 1.72. The van der Waals surface area contributed by atoms with E-state index < -0.39 is 0 Å². The molecule has 1 N–H and O–H groups in total. The average molecular weight is 286 g/mol. The van der Waals surface area contributed by atoms with E-state index in [0.717, 1.165) is 23.0 Å². The van der Waals surface area contributed by atoms with Gasteiger partial charge in [-0.05, 0) is 12.1 Å². The van der Waals surface area contributed by atoms with Gasteiger partial charge in [-0.2, -0.15) is 5.10 Å². The van der Waals surface area contributed by atoms with Gasteiger partial charge < -0.3 is 4.74 Å². The quantitative estimate of drug-likeness (QED) is 0.791. The van der Waals surface area contributed by atoms with Crippen LogP contribution in [0.3, 0.4) is 0 Å². The number of thiazole rings is 1. The fraction of sp³-hybridized carbons (Fsp3) is 0.214. The van der Waals surface area contributed by atoms with Crippen molar-refractivity contribution in [1.29, 1.82) is 0 Å². The normalized spacial score (nSPS) is 10.9. The van der Waals surface area contributed by atoms with E-state index in [1.807, 2.05) is 29.6 Å². The number of aromatic nitrogens is 4. The number of nitrogens with one attached hydrogen (secondary N) is 1. The van der Waals surface area contributed by atoms with E-state index in [0.29, 0.717) is 11.1 Å². The van der Waals surface area contributed by atoms with Crippen molar-refractivity contribution >= 4 is 11.3 Å². The number of H-pyrrole nitrogens is 1. The van der Waals surface area contributed by atoms with Crippen LogP contribution in [0, 0.1) is 0 Å². The van der Waals surface area contributed by atoms with E-state index in [1.165, 1.54) is 11.3 Å². The third kappa shape index (κ3) is 2.70. The Labute approximate surface area is 120 Å². The highest BCUT2D eigenvalue weighted by molar-refractivity contribution is 7.11. The van der Waals surface area contributed by atoms with E-state index in [9.17, 15) is 0 Å². The van der Waals surface area contributed by atoms with Crippen molar-refractivity contribution in [3.8, 4) is 22.3 Å². The first-order valence-corrected chi connectivity index (χ1v) is 7.20. The lowest BCUT2D eigenvalue weighted by molar-refractivity contribution is 0.479. The molecule has 3 aromatic rings. The molecule has 5 nitrogen and oxygen atoms in total. The second-order valence-corrected chi connectivity index (χ2v) is 5.48. The number of ether oxygens (including phenoxy) is 1. The Morgan fingerprint density at radius 3 is 2.90 bits per heavy atom. The Bertz CT molecular complexity index is 691. The summed E-state index contributed by atoms with van der Waals surface area (Å²) < 4.78 is 5.68. The van der Waals surface area contributed by atoms with Gasteiger partial charge in [0.25, 0.3) is 5.19 Å². The van der Waals surface area contributed by atoms with Crippen LogP contribution in [0.1, 0.15) is 25.6 Å². The molecule has 0 amide bonds. The Kier molecular flexibility index (Phi) is 3.47. The summed E-state index contributed by atoms with van der Waals surface area (Å²) in [5.41, 5.74) is 0.943. The molecule has 0 bridgehead atoms. The zero-order chi connectivity index (χ0) is 13.9. The van der Waals surface area contributed by atoms with Gasteiger partial charge in [0.2, 0.25) is 0 Å². The largest absolute Gasteiger partial charge is 0.431 e. The molecule has 0 spiro atoms. The van der Waals surface area contributed by atoms with Crippen molar-refractivity contribution in [3.05, 3.63) is 41.7 Å². The lowest BCUT2D eigenvalue weighted by Crippen LogP contribution is -1.89. The van der Waals surface area contributed by atoms with E-state index in [4.69, 9.17) is 4.74 Å². The molecule has 0 aliphatic rings. The summed E-state index contributed by atoms with van der Waals surface area (Å²) >= 11 is 1.46. The lowest BCUT2D eigenvalue weighted by atomic mass is 10.2. The van der Waals surface area contributed by atoms with Crippen LogP contribution >= 0.6 is 11.3 Å². The standard InChI is InChI=1S/C14H14N4OS/c1-9(2)12-16-13(18-17-12)10-4-3-5-11(8-10)19-14-15-6-7-20-14/h3-9H,1-2H3,(H,16,17,18). The molecular formula is C14H14N4OS. The Balaban J connectivity index is 1.86. The molecule has 2 aromatic heterocycles. The molecule has 0 unspecified atom stereocenters. The molecule has 0 saturated carbocycles. The van der Waals surface area contributed by atoms with Crippen molar-refractivity contribution in [2.75, 3.05) is 0 Å². The number of nitrogens with zero attached hydrogens (tertiary/aromatic N) is 3. The lowest BCUT2D eigenvalue weighted by Gasteiger charge is -2.03. The highest BCUT2D eigenvalue weighted by atomic mass is 32.1. The maximum Gasteiger partial charge on any atom is 0.278 e. The number of hydrogen-bond donors (Lipinski definition) is 1. The summed E-state index contributed by atoms with van der Waals surface area (Å²) in [4.78, 5) is 8.58. The van der Waals surface area contributed by atoms with Crippen molar-refractivity contribution in [3.63, 3.8) is 0 Å². The predicted molar refractivity (Wildman–Crippen MR) is 78.1 cm³/mol.